The van der Waals surface area contributed by atoms with Crippen molar-refractivity contribution < 1.29 is 9.47 Å². The van der Waals surface area contributed by atoms with Gasteiger partial charge in [-0.1, -0.05) is 88.9 Å². The Bertz CT molecular complexity index is 1490. The van der Waals surface area contributed by atoms with E-state index in [4.69, 9.17) is 55.9 Å². The van der Waals surface area contributed by atoms with Crippen molar-refractivity contribution in [3.05, 3.63) is 93.0 Å². The van der Waals surface area contributed by atoms with Gasteiger partial charge in [0.25, 0.3) is 0 Å². The number of halogens is 4. The van der Waals surface area contributed by atoms with E-state index in [-0.39, 0.29) is 0 Å². The number of pyridine rings is 2. The lowest BCUT2D eigenvalue weighted by molar-refractivity contribution is 0.414. The number of nitrogens with zero attached hydrogens (tertiary/aromatic N) is 2. The molecule has 0 N–H and O–H groups in total. The zero-order chi connectivity index (χ0) is 24.2. The molecular weight excluding hydrogens is 514 g/mol. The Morgan fingerprint density at radius 3 is 1.71 bits per heavy atom. The number of methoxy groups -OCH3 is 2. The summed E-state index contributed by atoms with van der Waals surface area (Å²) < 4.78 is 10.5. The Morgan fingerprint density at radius 1 is 0.588 bits per heavy atom. The number of para-hydroxylation sites is 2. The van der Waals surface area contributed by atoms with Gasteiger partial charge >= 0.3 is 0 Å². The van der Waals surface area contributed by atoms with Crippen molar-refractivity contribution in [2.45, 2.75) is 0 Å². The number of rotatable bonds is 3. The van der Waals surface area contributed by atoms with E-state index < -0.39 is 0 Å². The summed E-state index contributed by atoms with van der Waals surface area (Å²) in [7, 11) is 3.17. The molecule has 0 radical (unpaired) electrons. The third-order valence-electron chi connectivity index (χ3n) is 5.05. The molecule has 0 saturated carbocycles. The zero-order valence-electron chi connectivity index (χ0n) is 18.2. The highest BCUT2D eigenvalue weighted by Crippen LogP contribution is 2.36. The maximum absolute atomic E-state index is 6.25. The smallest absolute Gasteiger partial charge is 0.171 e. The molecule has 34 heavy (non-hydrogen) atoms. The molecule has 0 atom stereocenters. The van der Waals surface area contributed by atoms with E-state index in [1.807, 2.05) is 66.7 Å². The average molecular weight is 532 g/mol. The fraction of sp³-hybridized carbons (Fsp3) is 0.0769. The zero-order valence-corrected chi connectivity index (χ0v) is 21.2. The molecule has 0 aliphatic carbocycles. The minimum absolute atomic E-state index is 0.327. The topological polar surface area (TPSA) is 44.2 Å². The molecule has 3 aromatic carbocycles. The summed E-state index contributed by atoms with van der Waals surface area (Å²) in [5.74, 6) is 1.23. The van der Waals surface area contributed by atoms with E-state index in [1.165, 1.54) is 0 Å². The van der Waals surface area contributed by atoms with E-state index in [2.05, 4.69) is 9.97 Å². The number of aromatic nitrogens is 2. The van der Waals surface area contributed by atoms with Gasteiger partial charge in [-0.3, -0.25) is 0 Å². The Morgan fingerprint density at radius 2 is 1.12 bits per heavy atom. The molecule has 5 rings (SSSR count). The van der Waals surface area contributed by atoms with E-state index >= 15 is 0 Å². The van der Waals surface area contributed by atoms with Crippen LogP contribution in [-0.2, 0) is 0 Å². The number of hydrogen-bond acceptors (Lipinski definition) is 4. The molecule has 5 aromatic rings. The lowest BCUT2D eigenvalue weighted by atomic mass is 10.1. The van der Waals surface area contributed by atoms with Crippen molar-refractivity contribution in [1.82, 2.24) is 9.97 Å². The van der Waals surface area contributed by atoms with Gasteiger partial charge in [0.05, 0.1) is 40.3 Å². The van der Waals surface area contributed by atoms with Crippen molar-refractivity contribution in [2.75, 3.05) is 14.2 Å². The van der Waals surface area contributed by atoms with Crippen LogP contribution in [0, 0.1) is 0 Å². The Hall–Kier alpha value is -2.76. The van der Waals surface area contributed by atoms with Gasteiger partial charge in [0.15, 0.2) is 10.9 Å². The van der Waals surface area contributed by atoms with Crippen LogP contribution in [0.15, 0.2) is 72.8 Å². The lowest BCUT2D eigenvalue weighted by Crippen LogP contribution is -1.93. The quantitative estimate of drug-likeness (QED) is 0.218. The first kappa shape index (κ1) is 24.4. The predicted molar refractivity (Wildman–Crippen MR) is 142 cm³/mol. The number of hydrogen-bond donors (Lipinski definition) is 0. The molecule has 0 unspecified atom stereocenters. The first-order valence-electron chi connectivity index (χ1n) is 10.1. The van der Waals surface area contributed by atoms with E-state index in [9.17, 15) is 0 Å². The maximum Gasteiger partial charge on any atom is 0.171 e. The standard InChI is InChI=1S/C16H11Cl2NO.C10H7Cl2NO/c1-20-14-9-10-5-4-8-13(18)15(10)19-16(14)11-6-2-3-7-12(11)17;1-14-8-5-6-3-2-4-7(11)9(6)13-10(8)12/h2-9H,1H3;2-5H,1H3. The van der Waals surface area contributed by atoms with Gasteiger partial charge in [-0.05, 0) is 30.3 Å². The molecule has 2 aromatic heterocycles. The minimum atomic E-state index is 0.327. The molecule has 0 saturated heterocycles. The highest BCUT2D eigenvalue weighted by atomic mass is 35.5. The number of ether oxygens (including phenoxy) is 2. The molecule has 0 aliphatic rings. The fourth-order valence-electron chi connectivity index (χ4n) is 3.41. The van der Waals surface area contributed by atoms with Crippen LogP contribution in [0.3, 0.4) is 0 Å². The van der Waals surface area contributed by atoms with Crippen LogP contribution < -0.4 is 9.47 Å². The molecule has 4 nitrogen and oxygen atoms in total. The molecule has 172 valence electrons. The van der Waals surface area contributed by atoms with Gasteiger partial charge in [0.1, 0.15) is 11.4 Å². The van der Waals surface area contributed by atoms with Crippen molar-refractivity contribution in [3.8, 4) is 22.8 Å². The molecule has 0 spiro atoms. The summed E-state index contributed by atoms with van der Waals surface area (Å²) >= 11 is 24.3. The molecular formula is C26H18Cl4N2O2. The van der Waals surface area contributed by atoms with Crippen molar-refractivity contribution in [2.24, 2.45) is 0 Å². The van der Waals surface area contributed by atoms with Crippen LogP contribution in [0.4, 0.5) is 0 Å². The number of benzene rings is 3. The van der Waals surface area contributed by atoms with Gasteiger partial charge in [-0.25, -0.2) is 9.97 Å². The largest absolute Gasteiger partial charge is 0.494 e. The van der Waals surface area contributed by atoms with Crippen LogP contribution in [0.25, 0.3) is 33.1 Å². The van der Waals surface area contributed by atoms with Gasteiger partial charge in [0.2, 0.25) is 0 Å². The lowest BCUT2D eigenvalue weighted by Gasteiger charge is -2.11. The normalized spacial score (nSPS) is 10.6. The Labute approximate surface area is 217 Å². The maximum atomic E-state index is 6.25. The molecule has 0 bridgehead atoms. The van der Waals surface area contributed by atoms with E-state index in [0.717, 1.165) is 21.9 Å². The van der Waals surface area contributed by atoms with E-state index in [1.54, 1.807) is 20.3 Å². The van der Waals surface area contributed by atoms with Gasteiger partial charge in [-0.15, -0.1) is 0 Å². The summed E-state index contributed by atoms with van der Waals surface area (Å²) in [6, 6.07) is 22.5. The van der Waals surface area contributed by atoms with Crippen LogP contribution in [-0.4, -0.2) is 24.2 Å². The first-order valence-corrected chi connectivity index (χ1v) is 11.6. The van der Waals surface area contributed by atoms with Crippen molar-refractivity contribution >= 4 is 68.2 Å². The Balaban J connectivity index is 0.000000172. The SMILES string of the molecule is COc1cc2cccc(Cl)c2nc1-c1ccccc1Cl.COc1cc2cccc(Cl)c2nc1Cl. The van der Waals surface area contributed by atoms with E-state index in [0.29, 0.717) is 42.9 Å². The Kier molecular flexibility index (Phi) is 7.64. The number of fused-ring (bicyclic) bond motifs is 2. The van der Waals surface area contributed by atoms with Crippen molar-refractivity contribution in [3.63, 3.8) is 0 Å². The highest BCUT2D eigenvalue weighted by Gasteiger charge is 2.13. The van der Waals surface area contributed by atoms with Crippen LogP contribution in [0.2, 0.25) is 20.2 Å². The van der Waals surface area contributed by atoms with Crippen LogP contribution >= 0.6 is 46.4 Å². The summed E-state index contributed by atoms with van der Waals surface area (Å²) in [4.78, 5) is 8.79. The second-order valence-corrected chi connectivity index (χ2v) is 8.70. The third-order valence-corrected chi connectivity index (χ3v) is 6.26. The highest BCUT2D eigenvalue weighted by molar-refractivity contribution is 6.36. The van der Waals surface area contributed by atoms with Gasteiger partial charge < -0.3 is 9.47 Å². The van der Waals surface area contributed by atoms with Gasteiger partial charge in [-0.2, -0.15) is 0 Å². The second-order valence-electron chi connectivity index (χ2n) is 7.12. The molecule has 0 fully saturated rings. The molecule has 0 amide bonds. The molecule has 8 heteroatoms. The minimum Gasteiger partial charge on any atom is -0.494 e. The predicted octanol–water partition coefficient (Wildman–Crippen LogP) is 8.77. The molecule has 0 aliphatic heterocycles. The average Bonchev–Trinajstić information content (AvgIpc) is 2.84. The monoisotopic (exact) mass is 530 g/mol. The second kappa shape index (κ2) is 10.7. The first-order chi connectivity index (χ1) is 16.4. The summed E-state index contributed by atoms with van der Waals surface area (Å²) in [5.41, 5.74) is 2.95. The third kappa shape index (κ3) is 5.01. The summed E-state index contributed by atoms with van der Waals surface area (Å²) in [6.07, 6.45) is 0. The summed E-state index contributed by atoms with van der Waals surface area (Å²) in [6.45, 7) is 0. The fourth-order valence-corrected chi connectivity index (χ4v) is 4.30. The van der Waals surface area contributed by atoms with Crippen molar-refractivity contribution in [1.29, 1.82) is 0 Å². The van der Waals surface area contributed by atoms with Crippen LogP contribution in [0.1, 0.15) is 0 Å². The summed E-state index contributed by atoms with van der Waals surface area (Å²) in [5, 5.41) is 4.01. The molecule has 2 heterocycles. The van der Waals surface area contributed by atoms with Gasteiger partial charge in [0, 0.05) is 16.3 Å². The van der Waals surface area contributed by atoms with Crippen LogP contribution in [0.5, 0.6) is 11.5 Å².